The van der Waals surface area contributed by atoms with Crippen molar-refractivity contribution >= 4 is 33.2 Å². The molecular weight excluding hydrogens is 464 g/mol. The number of aryl methyl sites for hydroxylation is 2. The number of anilines is 1. The van der Waals surface area contributed by atoms with Gasteiger partial charge in [-0.1, -0.05) is 36.7 Å². The van der Waals surface area contributed by atoms with Crippen LogP contribution >= 0.6 is 11.6 Å². The average Bonchev–Trinajstić information content (AvgIpc) is 2.80. The van der Waals surface area contributed by atoms with E-state index >= 15 is 0 Å². The van der Waals surface area contributed by atoms with E-state index in [1.807, 2.05) is 6.92 Å². The predicted molar refractivity (Wildman–Crippen MR) is 131 cm³/mol. The van der Waals surface area contributed by atoms with E-state index in [-0.39, 0.29) is 28.3 Å². The van der Waals surface area contributed by atoms with E-state index in [1.165, 1.54) is 50.3 Å². The zero-order valence-corrected chi connectivity index (χ0v) is 21.1. The van der Waals surface area contributed by atoms with Crippen molar-refractivity contribution in [3.63, 3.8) is 0 Å². The number of hydrogen-bond donors (Lipinski definition) is 1. The lowest BCUT2D eigenvalue weighted by molar-refractivity contribution is -0.120. The molecule has 9 heteroatoms. The minimum absolute atomic E-state index is 0.179. The van der Waals surface area contributed by atoms with Crippen LogP contribution in [0.2, 0.25) is 5.02 Å². The maximum absolute atomic E-state index is 13.0. The highest BCUT2D eigenvalue weighted by Crippen LogP contribution is 2.39. The van der Waals surface area contributed by atoms with Gasteiger partial charge in [0.1, 0.15) is 18.0 Å². The van der Waals surface area contributed by atoms with Crippen LogP contribution in [0.25, 0.3) is 0 Å². The van der Waals surface area contributed by atoms with Crippen LogP contribution in [0.5, 0.6) is 11.5 Å². The minimum Gasteiger partial charge on any atom is -0.495 e. The number of sulfonamides is 1. The molecule has 1 N–H and O–H groups in total. The largest absolute Gasteiger partial charge is 0.495 e. The first-order valence-corrected chi connectivity index (χ1v) is 13.2. The zero-order chi connectivity index (χ0) is 24.2. The second-order valence-corrected chi connectivity index (χ2v) is 10.5. The Morgan fingerprint density at radius 3 is 2.36 bits per heavy atom. The first-order chi connectivity index (χ1) is 15.7. The molecular formula is C24H31ClN2O5S. The summed E-state index contributed by atoms with van der Waals surface area (Å²) in [5, 5.41) is 3.27. The van der Waals surface area contributed by atoms with Gasteiger partial charge in [0, 0.05) is 12.1 Å². The standard InChI is InChI=1S/C24H31ClN2O5S/c1-5-20(18-11-10-16-8-6-7-9-17(16)12-18)26-24(28)15-27(33(4,29)30)21-14-22(31-2)19(25)13-23(21)32-3/h10-14,20H,5-9,15H2,1-4H3,(H,26,28)/t20-/m0/s1. The quantitative estimate of drug-likeness (QED) is 0.562. The van der Waals surface area contributed by atoms with Gasteiger partial charge < -0.3 is 14.8 Å². The second-order valence-electron chi connectivity index (χ2n) is 8.19. The van der Waals surface area contributed by atoms with Gasteiger partial charge in [0.15, 0.2) is 0 Å². The van der Waals surface area contributed by atoms with Crippen LogP contribution in [0.1, 0.15) is 48.9 Å². The normalized spacial score (nSPS) is 14.2. The summed E-state index contributed by atoms with van der Waals surface area (Å²) < 4.78 is 36.8. The summed E-state index contributed by atoms with van der Waals surface area (Å²) in [4.78, 5) is 13.0. The number of methoxy groups -OCH3 is 2. The molecule has 0 saturated carbocycles. The lowest BCUT2D eigenvalue weighted by atomic mass is 9.89. The Labute approximate surface area is 201 Å². The van der Waals surface area contributed by atoms with E-state index in [2.05, 4.69) is 23.5 Å². The number of halogens is 1. The lowest BCUT2D eigenvalue weighted by Crippen LogP contribution is -2.41. The highest BCUT2D eigenvalue weighted by Gasteiger charge is 2.27. The van der Waals surface area contributed by atoms with Crippen molar-refractivity contribution in [3.8, 4) is 11.5 Å². The zero-order valence-electron chi connectivity index (χ0n) is 19.5. The van der Waals surface area contributed by atoms with Crippen molar-refractivity contribution in [3.05, 3.63) is 52.0 Å². The average molecular weight is 495 g/mol. The van der Waals surface area contributed by atoms with Crippen LogP contribution in [0.4, 0.5) is 5.69 Å². The number of rotatable bonds is 9. The van der Waals surface area contributed by atoms with Crippen molar-refractivity contribution in [2.24, 2.45) is 0 Å². The highest BCUT2D eigenvalue weighted by molar-refractivity contribution is 7.92. The van der Waals surface area contributed by atoms with E-state index in [9.17, 15) is 13.2 Å². The molecule has 0 spiro atoms. The molecule has 7 nitrogen and oxygen atoms in total. The predicted octanol–water partition coefficient (Wildman–Crippen LogP) is 4.27. The molecule has 0 aromatic heterocycles. The molecule has 0 aliphatic heterocycles. The van der Waals surface area contributed by atoms with E-state index in [0.29, 0.717) is 6.42 Å². The molecule has 33 heavy (non-hydrogen) atoms. The smallest absolute Gasteiger partial charge is 0.241 e. The van der Waals surface area contributed by atoms with Crippen molar-refractivity contribution in [1.29, 1.82) is 0 Å². The fourth-order valence-corrected chi connectivity index (χ4v) is 5.26. The van der Waals surface area contributed by atoms with E-state index in [1.54, 1.807) is 0 Å². The number of hydrogen-bond acceptors (Lipinski definition) is 5. The molecule has 0 fully saturated rings. The maximum atomic E-state index is 13.0. The molecule has 0 saturated heterocycles. The number of ether oxygens (including phenoxy) is 2. The molecule has 1 aliphatic carbocycles. The summed E-state index contributed by atoms with van der Waals surface area (Å²) in [6, 6.07) is 9.08. The molecule has 3 rings (SSSR count). The molecule has 0 radical (unpaired) electrons. The molecule has 1 atom stereocenters. The number of fused-ring (bicyclic) bond motifs is 1. The SMILES string of the molecule is CC[C@H](NC(=O)CN(c1cc(OC)c(Cl)cc1OC)S(C)(=O)=O)c1ccc2c(c1)CCCC2. The number of nitrogens with zero attached hydrogens (tertiary/aromatic N) is 1. The van der Waals surface area contributed by atoms with Crippen LogP contribution in [0.15, 0.2) is 30.3 Å². The van der Waals surface area contributed by atoms with Crippen LogP contribution < -0.4 is 19.1 Å². The van der Waals surface area contributed by atoms with Crippen molar-refractivity contribution in [1.82, 2.24) is 5.32 Å². The highest BCUT2D eigenvalue weighted by atomic mass is 35.5. The van der Waals surface area contributed by atoms with Gasteiger partial charge in [-0.3, -0.25) is 9.10 Å². The Hall–Kier alpha value is -2.45. The number of benzene rings is 2. The summed E-state index contributed by atoms with van der Waals surface area (Å²) in [7, 11) is -0.971. The van der Waals surface area contributed by atoms with Crippen LogP contribution in [0.3, 0.4) is 0 Å². The number of nitrogens with one attached hydrogen (secondary N) is 1. The second kappa shape index (κ2) is 10.7. The molecule has 180 valence electrons. The van der Waals surface area contributed by atoms with Gasteiger partial charge >= 0.3 is 0 Å². The maximum Gasteiger partial charge on any atom is 0.241 e. The molecule has 2 aromatic carbocycles. The van der Waals surface area contributed by atoms with Gasteiger partial charge in [-0.2, -0.15) is 0 Å². The van der Waals surface area contributed by atoms with E-state index in [0.717, 1.165) is 29.0 Å². The van der Waals surface area contributed by atoms with Crippen LogP contribution in [-0.4, -0.2) is 41.3 Å². The number of carbonyl (C=O) groups is 1. The van der Waals surface area contributed by atoms with Gasteiger partial charge in [-0.15, -0.1) is 0 Å². The Balaban J connectivity index is 1.85. The monoisotopic (exact) mass is 494 g/mol. The first-order valence-electron chi connectivity index (χ1n) is 11.0. The van der Waals surface area contributed by atoms with Crippen molar-refractivity contribution in [2.45, 2.75) is 45.1 Å². The minimum atomic E-state index is -3.81. The van der Waals surface area contributed by atoms with Gasteiger partial charge in [0.05, 0.1) is 37.2 Å². The Kier molecular flexibility index (Phi) is 8.13. The van der Waals surface area contributed by atoms with Crippen molar-refractivity contribution in [2.75, 3.05) is 31.3 Å². The first kappa shape index (κ1) is 25.2. The fourth-order valence-electron chi connectivity index (χ4n) is 4.18. The molecule has 2 aromatic rings. The Morgan fingerprint density at radius 2 is 1.76 bits per heavy atom. The van der Waals surface area contributed by atoms with Gasteiger partial charge in [0.2, 0.25) is 15.9 Å². The Morgan fingerprint density at radius 1 is 1.09 bits per heavy atom. The summed E-state index contributed by atoms with van der Waals surface area (Å²) in [6.45, 7) is 1.59. The summed E-state index contributed by atoms with van der Waals surface area (Å²) in [5.74, 6) is 0.0868. The van der Waals surface area contributed by atoms with Gasteiger partial charge in [-0.25, -0.2) is 8.42 Å². The molecule has 1 aliphatic rings. The van der Waals surface area contributed by atoms with E-state index < -0.39 is 22.5 Å². The third kappa shape index (κ3) is 5.92. The van der Waals surface area contributed by atoms with E-state index in [4.69, 9.17) is 21.1 Å². The van der Waals surface area contributed by atoms with Crippen LogP contribution in [-0.2, 0) is 27.7 Å². The number of carbonyl (C=O) groups excluding carboxylic acids is 1. The third-order valence-electron chi connectivity index (χ3n) is 5.93. The topological polar surface area (TPSA) is 84.9 Å². The summed E-state index contributed by atoms with van der Waals surface area (Å²) in [5.41, 5.74) is 3.92. The molecule has 0 unspecified atom stereocenters. The molecule has 0 heterocycles. The van der Waals surface area contributed by atoms with Gasteiger partial charge in [-0.05, 0) is 48.8 Å². The molecule has 0 bridgehead atoms. The van der Waals surface area contributed by atoms with Crippen LogP contribution in [0, 0.1) is 0 Å². The van der Waals surface area contributed by atoms with Gasteiger partial charge in [0.25, 0.3) is 0 Å². The summed E-state index contributed by atoms with van der Waals surface area (Å²) in [6.07, 6.45) is 6.25. The van der Waals surface area contributed by atoms with Crippen molar-refractivity contribution < 1.29 is 22.7 Å². The molecule has 1 amide bonds. The Bertz CT molecular complexity index is 1120. The fraction of sp³-hybridized carbons (Fsp3) is 0.458. The lowest BCUT2D eigenvalue weighted by Gasteiger charge is -2.26. The number of amides is 1. The third-order valence-corrected chi connectivity index (χ3v) is 7.35. The summed E-state index contributed by atoms with van der Waals surface area (Å²) >= 11 is 6.16.